The topological polar surface area (TPSA) is 118 Å². The zero-order chi connectivity index (χ0) is 25.3. The fourth-order valence-electron chi connectivity index (χ4n) is 3.52. The predicted octanol–water partition coefficient (Wildman–Crippen LogP) is 2.00. The summed E-state index contributed by atoms with van der Waals surface area (Å²) in [6.45, 7) is 1.13. The molecule has 0 atom stereocenters. The molecule has 2 amide bonds. The van der Waals surface area contributed by atoms with Gasteiger partial charge in [0.1, 0.15) is 18.0 Å². The first-order valence-corrected chi connectivity index (χ1v) is 13.1. The number of rotatable bonds is 10. The van der Waals surface area contributed by atoms with E-state index in [-0.39, 0.29) is 12.5 Å². The first kappa shape index (κ1) is 26.0. The highest BCUT2D eigenvalue weighted by Crippen LogP contribution is 2.21. The normalized spacial score (nSPS) is 13.9. The average Bonchev–Trinajstić information content (AvgIpc) is 2.86. The molecule has 0 radical (unpaired) electrons. The number of benzene rings is 2. The number of sulfonamides is 1. The minimum atomic E-state index is -3.69. The summed E-state index contributed by atoms with van der Waals surface area (Å²) < 4.78 is 36.0. The Bertz CT molecular complexity index is 1130. The maximum atomic E-state index is 12.3. The van der Waals surface area contributed by atoms with Gasteiger partial charge in [-0.15, -0.1) is 0 Å². The second-order valence-corrected chi connectivity index (χ2v) is 9.97. The van der Waals surface area contributed by atoms with E-state index in [0.717, 1.165) is 42.9 Å². The molecule has 0 saturated carbocycles. The predicted molar refractivity (Wildman–Crippen MR) is 133 cm³/mol. The minimum Gasteiger partial charge on any atom is -0.497 e. The van der Waals surface area contributed by atoms with Gasteiger partial charge in [0.2, 0.25) is 10.0 Å². The first-order valence-electron chi connectivity index (χ1n) is 11.2. The van der Waals surface area contributed by atoms with Crippen LogP contribution in [0.15, 0.2) is 53.6 Å². The van der Waals surface area contributed by atoms with E-state index in [1.54, 1.807) is 48.5 Å². The van der Waals surface area contributed by atoms with Gasteiger partial charge in [0, 0.05) is 13.1 Å². The van der Waals surface area contributed by atoms with E-state index in [1.807, 2.05) is 4.90 Å². The molecule has 3 rings (SSSR count). The van der Waals surface area contributed by atoms with Gasteiger partial charge in [-0.3, -0.25) is 13.9 Å². The Morgan fingerprint density at radius 2 is 1.66 bits per heavy atom. The summed E-state index contributed by atoms with van der Waals surface area (Å²) in [6, 6.07) is 13.2. The van der Waals surface area contributed by atoms with Crippen LogP contribution in [0.5, 0.6) is 11.5 Å². The van der Waals surface area contributed by atoms with E-state index >= 15 is 0 Å². The van der Waals surface area contributed by atoms with E-state index in [2.05, 4.69) is 10.5 Å². The fourth-order valence-corrected chi connectivity index (χ4v) is 4.38. The summed E-state index contributed by atoms with van der Waals surface area (Å²) in [5.74, 6) is 0.510. The smallest absolute Gasteiger partial charge is 0.260 e. The molecular weight excluding hydrogens is 472 g/mol. The number of methoxy groups -OCH3 is 1. The second kappa shape index (κ2) is 12.2. The summed E-state index contributed by atoms with van der Waals surface area (Å²) >= 11 is 0. The van der Waals surface area contributed by atoms with Crippen LogP contribution >= 0.6 is 0 Å². The van der Waals surface area contributed by atoms with Crippen molar-refractivity contribution in [3.05, 3.63) is 54.1 Å². The number of hydrogen-bond acceptors (Lipinski definition) is 7. The number of piperidine rings is 1. The van der Waals surface area contributed by atoms with Crippen LogP contribution in [-0.4, -0.2) is 71.0 Å². The molecule has 2 aromatic rings. The van der Waals surface area contributed by atoms with E-state index < -0.39 is 22.5 Å². The van der Waals surface area contributed by atoms with Gasteiger partial charge in [0.05, 0.1) is 25.3 Å². The van der Waals surface area contributed by atoms with Gasteiger partial charge in [-0.2, -0.15) is 5.10 Å². The van der Waals surface area contributed by atoms with Gasteiger partial charge in [-0.1, -0.05) is 0 Å². The standard InChI is InChI=1S/C24H30N4O6S/c1-33-21-12-8-20(9-13-21)28(35(2,31)32)17-23(29)26-25-16-19-6-10-22(11-7-19)34-18-24(30)27-14-4-3-5-15-27/h6-13,16H,3-5,14-15,17-18H2,1-2H3,(H,26,29)/b25-16-. The third-order valence-electron chi connectivity index (χ3n) is 5.40. The molecule has 10 nitrogen and oxygen atoms in total. The lowest BCUT2D eigenvalue weighted by Crippen LogP contribution is -2.39. The molecule has 1 aliphatic rings. The zero-order valence-corrected chi connectivity index (χ0v) is 20.7. The Kier molecular flexibility index (Phi) is 9.07. The maximum absolute atomic E-state index is 12.3. The van der Waals surface area contributed by atoms with Gasteiger partial charge in [0.15, 0.2) is 6.61 Å². The molecule has 1 fully saturated rings. The lowest BCUT2D eigenvalue weighted by molar-refractivity contribution is -0.134. The molecule has 1 heterocycles. The van der Waals surface area contributed by atoms with Crippen LogP contribution in [0.1, 0.15) is 24.8 Å². The molecule has 188 valence electrons. The van der Waals surface area contributed by atoms with E-state index in [9.17, 15) is 18.0 Å². The van der Waals surface area contributed by atoms with Crippen LogP contribution in [0.4, 0.5) is 5.69 Å². The van der Waals surface area contributed by atoms with Gasteiger partial charge in [-0.25, -0.2) is 13.8 Å². The number of carbonyl (C=O) groups excluding carboxylic acids is 2. The largest absolute Gasteiger partial charge is 0.497 e. The van der Waals surface area contributed by atoms with Crippen LogP contribution in [0.2, 0.25) is 0 Å². The van der Waals surface area contributed by atoms with Crippen molar-refractivity contribution in [2.75, 3.05) is 43.9 Å². The Balaban J connectivity index is 1.50. The van der Waals surface area contributed by atoms with Crippen LogP contribution in [0, 0.1) is 0 Å². The number of ether oxygens (including phenoxy) is 2. The molecular formula is C24H30N4O6S. The molecule has 2 aromatic carbocycles. The van der Waals surface area contributed by atoms with Crippen molar-refractivity contribution in [3.8, 4) is 11.5 Å². The highest BCUT2D eigenvalue weighted by Gasteiger charge is 2.21. The molecule has 0 bridgehead atoms. The van der Waals surface area contributed by atoms with Crippen molar-refractivity contribution < 1.29 is 27.5 Å². The third-order valence-corrected chi connectivity index (χ3v) is 6.54. The Labute approximate surface area is 205 Å². The fraction of sp³-hybridized carbons (Fsp3) is 0.375. The average molecular weight is 503 g/mol. The van der Waals surface area contributed by atoms with Crippen molar-refractivity contribution in [2.45, 2.75) is 19.3 Å². The number of amides is 2. The quantitative estimate of drug-likeness (QED) is 0.392. The van der Waals surface area contributed by atoms with E-state index in [0.29, 0.717) is 22.7 Å². The van der Waals surface area contributed by atoms with Crippen molar-refractivity contribution >= 4 is 33.7 Å². The molecule has 11 heteroatoms. The Hall–Kier alpha value is -3.60. The number of likely N-dealkylation sites (tertiary alicyclic amines) is 1. The minimum absolute atomic E-state index is 0.00543. The highest BCUT2D eigenvalue weighted by atomic mass is 32.2. The van der Waals surface area contributed by atoms with Gasteiger partial charge in [-0.05, 0) is 73.4 Å². The number of nitrogens with zero attached hydrogens (tertiary/aromatic N) is 3. The second-order valence-electron chi connectivity index (χ2n) is 8.06. The van der Waals surface area contributed by atoms with Crippen LogP contribution < -0.4 is 19.2 Å². The Morgan fingerprint density at radius 1 is 1.03 bits per heavy atom. The number of anilines is 1. The summed E-state index contributed by atoms with van der Waals surface area (Å²) in [4.78, 5) is 26.3. The lowest BCUT2D eigenvalue weighted by Gasteiger charge is -2.26. The van der Waals surface area contributed by atoms with E-state index in [4.69, 9.17) is 9.47 Å². The lowest BCUT2D eigenvalue weighted by atomic mass is 10.1. The molecule has 35 heavy (non-hydrogen) atoms. The van der Waals surface area contributed by atoms with Crippen LogP contribution in [0.3, 0.4) is 0 Å². The molecule has 0 spiro atoms. The van der Waals surface area contributed by atoms with Gasteiger partial charge >= 0.3 is 0 Å². The number of hydrazone groups is 1. The summed E-state index contributed by atoms with van der Waals surface area (Å²) in [5.41, 5.74) is 3.36. The number of nitrogens with one attached hydrogen (secondary N) is 1. The van der Waals surface area contributed by atoms with Gasteiger partial charge < -0.3 is 14.4 Å². The van der Waals surface area contributed by atoms with Crippen molar-refractivity contribution in [1.82, 2.24) is 10.3 Å². The van der Waals surface area contributed by atoms with E-state index in [1.165, 1.54) is 13.3 Å². The third kappa shape index (κ3) is 7.99. The summed E-state index contributed by atoms with van der Waals surface area (Å²) in [7, 11) is -2.19. The summed E-state index contributed by atoms with van der Waals surface area (Å²) in [6.07, 6.45) is 5.68. The Morgan fingerprint density at radius 3 is 2.26 bits per heavy atom. The van der Waals surface area contributed by atoms with Crippen LogP contribution in [0.25, 0.3) is 0 Å². The monoisotopic (exact) mass is 502 g/mol. The molecule has 1 aliphatic heterocycles. The highest BCUT2D eigenvalue weighted by molar-refractivity contribution is 7.92. The molecule has 1 saturated heterocycles. The van der Waals surface area contributed by atoms with Gasteiger partial charge in [0.25, 0.3) is 11.8 Å². The summed E-state index contributed by atoms with van der Waals surface area (Å²) in [5, 5.41) is 3.90. The number of hydrogen-bond donors (Lipinski definition) is 1. The van der Waals surface area contributed by atoms with Crippen molar-refractivity contribution in [3.63, 3.8) is 0 Å². The molecule has 0 aliphatic carbocycles. The molecule has 1 N–H and O–H groups in total. The maximum Gasteiger partial charge on any atom is 0.260 e. The van der Waals surface area contributed by atoms with Crippen LogP contribution in [-0.2, 0) is 19.6 Å². The SMILES string of the molecule is COc1ccc(N(CC(=O)N/N=C\c2ccc(OCC(=O)N3CCCCC3)cc2)S(C)(=O)=O)cc1. The van der Waals surface area contributed by atoms with Crippen molar-refractivity contribution in [2.24, 2.45) is 5.10 Å². The molecule has 0 unspecified atom stereocenters. The zero-order valence-electron chi connectivity index (χ0n) is 19.8. The van der Waals surface area contributed by atoms with Crippen molar-refractivity contribution in [1.29, 1.82) is 0 Å². The molecule has 0 aromatic heterocycles. The first-order chi connectivity index (χ1) is 16.8. The number of carbonyl (C=O) groups is 2.